The number of carboxylic acid groups (broad SMARTS) is 1. The molecule has 1 atom stereocenters. The van der Waals surface area contributed by atoms with Gasteiger partial charge in [0.15, 0.2) is 15.2 Å². The van der Waals surface area contributed by atoms with Gasteiger partial charge in [0.1, 0.15) is 5.70 Å². The molecule has 24 heavy (non-hydrogen) atoms. The van der Waals surface area contributed by atoms with Gasteiger partial charge in [-0.1, -0.05) is 6.07 Å². The summed E-state index contributed by atoms with van der Waals surface area (Å²) in [6.07, 6.45) is 2.89. The number of hydrogen-bond acceptors (Lipinski definition) is 6. The van der Waals surface area contributed by atoms with E-state index >= 15 is 0 Å². The predicted octanol–water partition coefficient (Wildman–Crippen LogP) is 0.0468. The van der Waals surface area contributed by atoms with Crippen molar-refractivity contribution in [3.05, 3.63) is 46.9 Å². The molecule has 1 N–H and O–H groups in total. The van der Waals surface area contributed by atoms with Gasteiger partial charge in [-0.25, -0.2) is 13.2 Å². The zero-order valence-electron chi connectivity index (χ0n) is 12.7. The summed E-state index contributed by atoms with van der Waals surface area (Å²) in [4.78, 5) is 28.7. The molecule has 3 rings (SSSR count). The molecule has 3 heterocycles. The summed E-state index contributed by atoms with van der Waals surface area (Å²) in [7, 11) is -2.43. The Hall–Kier alpha value is -2.52. The van der Waals surface area contributed by atoms with Gasteiger partial charge in [0.05, 0.1) is 23.6 Å². The second kappa shape index (κ2) is 5.84. The van der Waals surface area contributed by atoms with E-state index in [2.05, 4.69) is 4.98 Å². The molecule has 9 heteroatoms. The molecule has 126 valence electrons. The van der Waals surface area contributed by atoms with E-state index in [0.29, 0.717) is 5.69 Å². The minimum atomic E-state index is -3.76. The van der Waals surface area contributed by atoms with Crippen LogP contribution in [0.15, 0.2) is 41.2 Å². The number of methoxy groups -OCH3 is 1. The molecule has 1 aromatic heterocycles. The number of aromatic nitrogens is 1. The fourth-order valence-corrected chi connectivity index (χ4v) is 4.79. The van der Waals surface area contributed by atoms with Gasteiger partial charge in [0.2, 0.25) is 0 Å². The third-order valence-electron chi connectivity index (χ3n) is 3.77. The van der Waals surface area contributed by atoms with Gasteiger partial charge < -0.3 is 9.84 Å². The molecular formula is C15H14N2O6S. The number of ether oxygens (including phenoxy) is 1. The largest absolute Gasteiger partial charge is 0.477 e. The molecule has 1 fully saturated rings. The summed E-state index contributed by atoms with van der Waals surface area (Å²) in [5, 5.41) is 8.09. The van der Waals surface area contributed by atoms with E-state index in [1.807, 2.05) is 0 Å². The van der Waals surface area contributed by atoms with Gasteiger partial charge >= 0.3 is 5.97 Å². The maximum Gasteiger partial charge on any atom is 0.352 e. The van der Waals surface area contributed by atoms with Crippen molar-refractivity contribution >= 4 is 27.8 Å². The van der Waals surface area contributed by atoms with Crippen LogP contribution in [0.3, 0.4) is 0 Å². The zero-order valence-corrected chi connectivity index (χ0v) is 13.5. The number of β-lactam (4-membered cyclic amide) rings is 1. The van der Waals surface area contributed by atoms with Crippen molar-refractivity contribution in [3.8, 4) is 0 Å². The fraction of sp³-hybridized carbons (Fsp3) is 0.267. The molecule has 0 bridgehead atoms. The molecule has 0 spiro atoms. The molecule has 0 saturated carbocycles. The fourth-order valence-electron chi connectivity index (χ4n) is 2.85. The lowest BCUT2D eigenvalue weighted by Gasteiger charge is -2.45. The van der Waals surface area contributed by atoms with Crippen LogP contribution in [0.1, 0.15) is 5.69 Å². The van der Waals surface area contributed by atoms with Crippen molar-refractivity contribution in [1.82, 2.24) is 9.88 Å². The van der Waals surface area contributed by atoms with Crippen LogP contribution < -0.4 is 0 Å². The molecule has 1 saturated heterocycles. The van der Waals surface area contributed by atoms with Gasteiger partial charge in [-0.3, -0.25) is 14.7 Å². The van der Waals surface area contributed by atoms with Crippen LogP contribution in [0, 0.1) is 0 Å². The number of nitrogens with zero attached hydrogens (tertiary/aromatic N) is 2. The normalized spacial score (nSPS) is 23.9. The van der Waals surface area contributed by atoms with Gasteiger partial charge in [-0.15, -0.1) is 0 Å². The maximum atomic E-state index is 12.5. The quantitative estimate of drug-likeness (QED) is 0.603. The van der Waals surface area contributed by atoms with Crippen molar-refractivity contribution in [2.24, 2.45) is 0 Å². The summed E-state index contributed by atoms with van der Waals surface area (Å²) < 4.78 is 29.9. The summed E-state index contributed by atoms with van der Waals surface area (Å²) in [6.45, 7) is -0.170. The summed E-state index contributed by atoms with van der Waals surface area (Å²) in [5.74, 6) is -2.47. The molecule has 0 radical (unpaired) electrons. The molecule has 8 nitrogen and oxygen atoms in total. The predicted molar refractivity (Wildman–Crippen MR) is 83.2 cm³/mol. The standard InChI is InChI=1S/C15H14N2O6S/c1-23-7-9-8-24(21,22)14-11(6-10-4-2-3-5-16-10)13(18)17(14)12(9)15(19)20/h2-6,14H,7-8H2,1H3,(H,19,20)/b11-6-. The van der Waals surface area contributed by atoms with Crippen molar-refractivity contribution in [2.45, 2.75) is 5.37 Å². The second-order valence-electron chi connectivity index (χ2n) is 5.38. The Morgan fingerprint density at radius 2 is 2.25 bits per heavy atom. The van der Waals surface area contributed by atoms with E-state index in [-0.39, 0.29) is 23.5 Å². The van der Waals surface area contributed by atoms with Crippen molar-refractivity contribution in [3.63, 3.8) is 0 Å². The Morgan fingerprint density at radius 1 is 1.50 bits per heavy atom. The average Bonchev–Trinajstić information content (AvgIpc) is 2.52. The molecule has 1 amide bonds. The Kier molecular flexibility index (Phi) is 3.98. The van der Waals surface area contributed by atoms with Gasteiger partial charge in [-0.2, -0.15) is 0 Å². The van der Waals surface area contributed by atoms with E-state index in [9.17, 15) is 23.1 Å². The first kappa shape index (κ1) is 16.3. The Bertz CT molecular complexity index is 872. The third-order valence-corrected chi connectivity index (χ3v) is 5.67. The molecule has 2 aliphatic rings. The van der Waals surface area contributed by atoms with Crippen LogP contribution in [0.5, 0.6) is 0 Å². The molecule has 1 aromatic rings. The van der Waals surface area contributed by atoms with Crippen LogP contribution in [-0.2, 0) is 24.2 Å². The minimum Gasteiger partial charge on any atom is -0.477 e. The first-order chi connectivity index (χ1) is 11.4. The van der Waals surface area contributed by atoms with Crippen LogP contribution >= 0.6 is 0 Å². The van der Waals surface area contributed by atoms with Crippen LogP contribution in [0.2, 0.25) is 0 Å². The lowest BCUT2D eigenvalue weighted by molar-refractivity contribution is -0.141. The summed E-state index contributed by atoms with van der Waals surface area (Å²) >= 11 is 0. The van der Waals surface area contributed by atoms with E-state index < -0.39 is 32.8 Å². The number of aliphatic carboxylic acids is 1. The van der Waals surface area contributed by atoms with Crippen LogP contribution in [-0.4, -0.2) is 60.1 Å². The number of hydrogen-bond donors (Lipinski definition) is 1. The highest BCUT2D eigenvalue weighted by Gasteiger charge is 2.56. The van der Waals surface area contributed by atoms with E-state index in [0.717, 1.165) is 4.90 Å². The summed E-state index contributed by atoms with van der Waals surface area (Å²) in [6, 6.07) is 5.02. The Balaban J connectivity index is 2.09. The van der Waals surface area contributed by atoms with Crippen molar-refractivity contribution < 1.29 is 27.9 Å². The Morgan fingerprint density at radius 3 is 2.83 bits per heavy atom. The van der Waals surface area contributed by atoms with E-state index in [1.54, 1.807) is 18.2 Å². The number of sulfone groups is 1. The monoisotopic (exact) mass is 350 g/mol. The zero-order chi connectivity index (χ0) is 17.5. The molecular weight excluding hydrogens is 336 g/mol. The molecule has 1 unspecified atom stereocenters. The number of fused-ring (bicyclic) bond motifs is 1. The highest BCUT2D eigenvalue weighted by Crippen LogP contribution is 2.40. The van der Waals surface area contributed by atoms with E-state index in [4.69, 9.17) is 4.74 Å². The van der Waals surface area contributed by atoms with Gasteiger partial charge in [0, 0.05) is 18.9 Å². The smallest absolute Gasteiger partial charge is 0.352 e. The minimum absolute atomic E-state index is 0.0175. The second-order valence-corrected chi connectivity index (χ2v) is 7.44. The number of amides is 1. The first-order valence-electron chi connectivity index (χ1n) is 6.99. The van der Waals surface area contributed by atoms with Gasteiger partial charge in [-0.05, 0) is 18.2 Å². The Labute approximate surface area is 138 Å². The van der Waals surface area contributed by atoms with E-state index in [1.165, 1.54) is 19.4 Å². The first-order valence-corrected chi connectivity index (χ1v) is 8.70. The highest BCUT2D eigenvalue weighted by molar-refractivity contribution is 7.92. The number of carboxylic acids is 1. The lowest BCUT2D eigenvalue weighted by atomic mass is 10.0. The maximum absolute atomic E-state index is 12.5. The SMILES string of the molecule is COCC1=C(C(=O)O)N2C(=O)/C(=C/c3ccccn3)C2S(=O)(=O)C1. The van der Waals surface area contributed by atoms with Crippen LogP contribution in [0.25, 0.3) is 6.08 Å². The summed E-state index contributed by atoms with van der Waals surface area (Å²) in [5.41, 5.74) is 0.189. The average molecular weight is 350 g/mol. The number of pyridine rings is 1. The number of carbonyl (C=O) groups excluding carboxylic acids is 1. The number of carbonyl (C=O) groups is 2. The highest BCUT2D eigenvalue weighted by atomic mass is 32.2. The van der Waals surface area contributed by atoms with Crippen molar-refractivity contribution in [1.29, 1.82) is 0 Å². The number of rotatable bonds is 4. The molecule has 0 aliphatic carbocycles. The molecule has 0 aromatic carbocycles. The molecule has 2 aliphatic heterocycles. The van der Waals surface area contributed by atoms with Gasteiger partial charge in [0.25, 0.3) is 5.91 Å². The topological polar surface area (TPSA) is 114 Å². The lowest BCUT2D eigenvalue weighted by Crippen LogP contribution is -2.62. The third kappa shape index (κ3) is 2.51. The van der Waals surface area contributed by atoms with Crippen molar-refractivity contribution in [2.75, 3.05) is 19.5 Å². The van der Waals surface area contributed by atoms with Crippen LogP contribution in [0.4, 0.5) is 0 Å².